The number of carbonyl (C=O) groups excluding carboxylic acids is 2. The Labute approximate surface area is 120 Å². The smallest absolute Gasteiger partial charge is 0.245 e. The third kappa shape index (κ3) is 3.12. The molecule has 0 radical (unpaired) electrons. The fourth-order valence-corrected chi connectivity index (χ4v) is 2.79. The summed E-state index contributed by atoms with van der Waals surface area (Å²) in [6.45, 7) is 8.62. The summed E-state index contributed by atoms with van der Waals surface area (Å²) in [5.74, 6) is -0.0580. The molecule has 2 unspecified atom stereocenters. The lowest BCUT2D eigenvalue weighted by Gasteiger charge is -2.39. The Morgan fingerprint density at radius 1 is 1.45 bits per heavy atom. The maximum absolute atomic E-state index is 12.8. The van der Waals surface area contributed by atoms with Crippen LogP contribution in [0.5, 0.6) is 0 Å². The Kier molecular flexibility index (Phi) is 4.65. The fraction of sp³-hybridized carbons (Fsp3) is 0.857. The van der Waals surface area contributed by atoms with E-state index >= 15 is 0 Å². The van der Waals surface area contributed by atoms with Gasteiger partial charge in [-0.1, -0.05) is 0 Å². The predicted molar refractivity (Wildman–Crippen MR) is 75.2 cm³/mol. The maximum Gasteiger partial charge on any atom is 0.245 e. The average molecular weight is 283 g/mol. The van der Waals surface area contributed by atoms with Gasteiger partial charge >= 0.3 is 0 Å². The molecule has 6 heteroatoms. The lowest BCUT2D eigenvalue weighted by molar-refractivity contribution is -0.155. The van der Waals surface area contributed by atoms with Crippen LogP contribution in [0.3, 0.4) is 0 Å². The molecule has 0 saturated carbocycles. The summed E-state index contributed by atoms with van der Waals surface area (Å²) in [7, 11) is 0. The van der Waals surface area contributed by atoms with Gasteiger partial charge in [0.15, 0.2) is 0 Å². The molecule has 0 aromatic heterocycles. The second-order valence-electron chi connectivity index (χ2n) is 6.24. The predicted octanol–water partition coefficient (Wildman–Crippen LogP) is -0.262. The first-order chi connectivity index (χ1) is 9.44. The van der Waals surface area contributed by atoms with Gasteiger partial charge in [-0.15, -0.1) is 0 Å². The van der Waals surface area contributed by atoms with Crippen molar-refractivity contribution in [2.45, 2.75) is 39.3 Å². The van der Waals surface area contributed by atoms with Crippen molar-refractivity contribution in [2.24, 2.45) is 5.41 Å². The SMILES string of the molecule is CC(C)NC(=O)C1COCCN1C(=O)C1(C)CCNC1. The molecule has 2 saturated heterocycles. The second kappa shape index (κ2) is 6.10. The van der Waals surface area contributed by atoms with E-state index in [-0.39, 0.29) is 24.5 Å². The maximum atomic E-state index is 12.8. The standard InChI is InChI=1S/C14H25N3O3/c1-10(2)16-12(18)11-8-20-7-6-17(11)13(19)14(3)4-5-15-9-14/h10-11,15H,4-9H2,1-3H3,(H,16,18). The number of carbonyl (C=O) groups is 2. The van der Waals surface area contributed by atoms with Crippen molar-refractivity contribution in [1.29, 1.82) is 0 Å². The first kappa shape index (κ1) is 15.3. The van der Waals surface area contributed by atoms with Crippen LogP contribution in [0.25, 0.3) is 0 Å². The van der Waals surface area contributed by atoms with Crippen molar-refractivity contribution in [3.8, 4) is 0 Å². The minimum atomic E-state index is -0.504. The molecule has 2 aliphatic heterocycles. The Morgan fingerprint density at radius 2 is 2.20 bits per heavy atom. The van der Waals surface area contributed by atoms with Crippen LogP contribution in [0.4, 0.5) is 0 Å². The Bertz CT molecular complexity index is 378. The molecule has 2 atom stereocenters. The zero-order valence-corrected chi connectivity index (χ0v) is 12.6. The molecule has 2 amide bonds. The van der Waals surface area contributed by atoms with Gasteiger partial charge in [0.05, 0.1) is 18.6 Å². The first-order valence-electron chi connectivity index (χ1n) is 7.34. The molecule has 0 aromatic rings. The monoisotopic (exact) mass is 283 g/mol. The van der Waals surface area contributed by atoms with E-state index < -0.39 is 11.5 Å². The number of hydrogen-bond acceptors (Lipinski definition) is 4. The Morgan fingerprint density at radius 3 is 2.80 bits per heavy atom. The van der Waals surface area contributed by atoms with Gasteiger partial charge in [-0.2, -0.15) is 0 Å². The van der Waals surface area contributed by atoms with Crippen LogP contribution in [-0.2, 0) is 14.3 Å². The molecular formula is C14H25N3O3. The van der Waals surface area contributed by atoms with Crippen molar-refractivity contribution in [3.63, 3.8) is 0 Å². The Hall–Kier alpha value is -1.14. The van der Waals surface area contributed by atoms with E-state index in [0.29, 0.717) is 19.7 Å². The molecule has 114 valence electrons. The quantitative estimate of drug-likeness (QED) is 0.748. The molecule has 0 aliphatic carbocycles. The molecule has 2 heterocycles. The molecule has 2 N–H and O–H groups in total. The third-order valence-electron chi connectivity index (χ3n) is 4.01. The van der Waals surface area contributed by atoms with Gasteiger partial charge in [0.1, 0.15) is 6.04 Å². The molecule has 0 bridgehead atoms. The molecule has 0 spiro atoms. The number of nitrogens with zero attached hydrogens (tertiary/aromatic N) is 1. The Balaban J connectivity index is 2.10. The number of hydrogen-bond donors (Lipinski definition) is 2. The highest BCUT2D eigenvalue weighted by Crippen LogP contribution is 2.28. The molecule has 2 aliphatic rings. The minimum absolute atomic E-state index is 0.0603. The van der Waals surface area contributed by atoms with Crippen LogP contribution in [0, 0.1) is 5.41 Å². The summed E-state index contributed by atoms with van der Waals surface area (Å²) in [4.78, 5) is 26.7. The van der Waals surface area contributed by atoms with E-state index in [0.717, 1.165) is 13.0 Å². The van der Waals surface area contributed by atoms with Gasteiger partial charge in [0.2, 0.25) is 11.8 Å². The van der Waals surface area contributed by atoms with Crippen molar-refractivity contribution in [1.82, 2.24) is 15.5 Å². The average Bonchev–Trinajstić information content (AvgIpc) is 2.85. The largest absolute Gasteiger partial charge is 0.377 e. The number of nitrogens with one attached hydrogen (secondary N) is 2. The van der Waals surface area contributed by atoms with E-state index in [1.807, 2.05) is 20.8 Å². The first-order valence-corrected chi connectivity index (χ1v) is 7.34. The molecule has 2 fully saturated rings. The highest BCUT2D eigenvalue weighted by molar-refractivity contribution is 5.90. The normalized spacial score (nSPS) is 30.6. The van der Waals surface area contributed by atoms with Gasteiger partial charge in [-0.3, -0.25) is 9.59 Å². The van der Waals surface area contributed by atoms with Crippen LogP contribution in [-0.4, -0.2) is 61.6 Å². The lowest BCUT2D eigenvalue weighted by atomic mass is 9.87. The minimum Gasteiger partial charge on any atom is -0.377 e. The zero-order chi connectivity index (χ0) is 14.8. The van der Waals surface area contributed by atoms with Crippen LogP contribution >= 0.6 is 0 Å². The molecule has 20 heavy (non-hydrogen) atoms. The fourth-order valence-electron chi connectivity index (χ4n) is 2.79. The molecule has 6 nitrogen and oxygen atoms in total. The highest BCUT2D eigenvalue weighted by Gasteiger charge is 2.43. The number of rotatable bonds is 3. The van der Waals surface area contributed by atoms with Crippen LogP contribution in [0.15, 0.2) is 0 Å². The summed E-state index contributed by atoms with van der Waals surface area (Å²) < 4.78 is 5.39. The van der Waals surface area contributed by atoms with Crippen molar-refractivity contribution in [2.75, 3.05) is 32.8 Å². The zero-order valence-electron chi connectivity index (χ0n) is 12.6. The van der Waals surface area contributed by atoms with Crippen LogP contribution in [0.2, 0.25) is 0 Å². The summed E-state index contributed by atoms with van der Waals surface area (Å²) in [6, 6.07) is -0.443. The number of ether oxygens (including phenoxy) is 1. The van der Waals surface area contributed by atoms with Gasteiger partial charge in [-0.05, 0) is 33.7 Å². The van der Waals surface area contributed by atoms with E-state index in [1.54, 1.807) is 4.90 Å². The van der Waals surface area contributed by atoms with Crippen molar-refractivity contribution < 1.29 is 14.3 Å². The van der Waals surface area contributed by atoms with Gasteiger partial charge < -0.3 is 20.3 Å². The van der Waals surface area contributed by atoms with Crippen LogP contribution in [0.1, 0.15) is 27.2 Å². The topological polar surface area (TPSA) is 70.7 Å². The summed E-state index contributed by atoms with van der Waals surface area (Å²) in [5, 5.41) is 6.10. The van der Waals surface area contributed by atoms with E-state index in [1.165, 1.54) is 0 Å². The van der Waals surface area contributed by atoms with E-state index in [4.69, 9.17) is 4.74 Å². The van der Waals surface area contributed by atoms with Gasteiger partial charge in [-0.25, -0.2) is 0 Å². The summed E-state index contributed by atoms with van der Waals surface area (Å²) in [5.41, 5.74) is -0.395. The second-order valence-corrected chi connectivity index (χ2v) is 6.24. The van der Waals surface area contributed by atoms with Gasteiger partial charge in [0.25, 0.3) is 0 Å². The summed E-state index contributed by atoms with van der Waals surface area (Å²) in [6.07, 6.45) is 0.821. The number of morpholine rings is 1. The molecule has 2 rings (SSSR count). The lowest BCUT2D eigenvalue weighted by Crippen LogP contribution is -2.59. The van der Waals surface area contributed by atoms with Gasteiger partial charge in [0, 0.05) is 19.1 Å². The van der Waals surface area contributed by atoms with Crippen molar-refractivity contribution in [3.05, 3.63) is 0 Å². The molecular weight excluding hydrogens is 258 g/mol. The van der Waals surface area contributed by atoms with Crippen LogP contribution < -0.4 is 10.6 Å². The van der Waals surface area contributed by atoms with E-state index in [2.05, 4.69) is 10.6 Å². The molecule has 0 aromatic carbocycles. The van der Waals surface area contributed by atoms with Crippen molar-refractivity contribution >= 4 is 11.8 Å². The third-order valence-corrected chi connectivity index (χ3v) is 4.01. The number of amides is 2. The highest BCUT2D eigenvalue weighted by atomic mass is 16.5. The van der Waals surface area contributed by atoms with E-state index in [9.17, 15) is 9.59 Å². The summed E-state index contributed by atoms with van der Waals surface area (Å²) >= 11 is 0.